The molecule has 1 aliphatic heterocycles. The molecule has 0 bridgehead atoms. The zero-order valence-electron chi connectivity index (χ0n) is 18.4. The molecule has 0 aliphatic carbocycles. The molecule has 0 aromatic carbocycles. The molecule has 11 heteroatoms. The number of carbonyl (C=O) groups excluding carboxylic acids is 2. The molecular formula is C22H24N8O3. The smallest absolute Gasteiger partial charge is 0.255 e. The molecule has 0 saturated carbocycles. The van der Waals surface area contributed by atoms with E-state index in [1.54, 1.807) is 27.9 Å². The lowest BCUT2D eigenvalue weighted by Gasteiger charge is -2.27. The number of amides is 2. The second-order valence-electron chi connectivity index (χ2n) is 7.87. The van der Waals surface area contributed by atoms with Crippen molar-refractivity contribution in [2.45, 2.75) is 19.9 Å². The normalized spacial score (nSPS) is 13.7. The number of rotatable bonds is 6. The zero-order chi connectivity index (χ0) is 23.4. The van der Waals surface area contributed by atoms with Crippen molar-refractivity contribution in [2.24, 2.45) is 0 Å². The number of fused-ring (bicyclic) bond motifs is 1. The Morgan fingerprint density at radius 2 is 1.97 bits per heavy atom. The van der Waals surface area contributed by atoms with E-state index in [0.29, 0.717) is 60.0 Å². The first-order valence-corrected chi connectivity index (χ1v) is 10.6. The van der Waals surface area contributed by atoms with Crippen LogP contribution in [-0.2, 0) is 9.53 Å². The number of hydrogen-bond donors (Lipinski definition) is 2. The zero-order valence-corrected chi connectivity index (χ0v) is 18.4. The van der Waals surface area contributed by atoms with E-state index in [1.165, 1.54) is 12.4 Å². The molecule has 0 atom stereocenters. The highest BCUT2D eigenvalue weighted by Crippen LogP contribution is 2.22. The van der Waals surface area contributed by atoms with Crippen LogP contribution < -0.4 is 10.6 Å². The Kier molecular flexibility index (Phi) is 6.46. The highest BCUT2D eigenvalue weighted by atomic mass is 16.5. The number of carbonyl (C=O) groups is 2. The van der Waals surface area contributed by atoms with Crippen LogP contribution >= 0.6 is 0 Å². The Hall–Kier alpha value is -4.04. The minimum atomic E-state index is -0.402. The summed E-state index contributed by atoms with van der Waals surface area (Å²) in [6.45, 7) is 5.86. The maximum atomic E-state index is 12.9. The van der Waals surface area contributed by atoms with Crippen LogP contribution in [0.1, 0.15) is 29.8 Å². The Morgan fingerprint density at radius 3 is 2.70 bits per heavy atom. The van der Waals surface area contributed by atoms with Gasteiger partial charge in [-0.25, -0.2) is 9.97 Å². The lowest BCUT2D eigenvalue weighted by Crippen LogP contribution is -2.45. The van der Waals surface area contributed by atoms with Crippen LogP contribution in [0.5, 0.6) is 0 Å². The summed E-state index contributed by atoms with van der Waals surface area (Å²) in [5, 5.41) is 20.1. The lowest BCUT2D eigenvalue weighted by molar-refractivity contribution is -0.134. The number of nitriles is 1. The molecule has 0 unspecified atom stereocenters. The molecule has 170 valence electrons. The highest BCUT2D eigenvalue weighted by Gasteiger charge is 2.20. The largest absolute Gasteiger partial charge is 0.382 e. The standard InChI is InChI=1S/C22H24N8O3/c1-14(2)28-18-8-19(30-21-16(11-27-30)7-15(9-23)10-25-21)24-12-17(18)22(32)26-13-20(31)29-3-5-33-6-4-29/h7-8,10-12,14H,3-6,13H2,1-2H3,(H,24,28)(H,26,32). The third-order valence-electron chi connectivity index (χ3n) is 5.10. The summed E-state index contributed by atoms with van der Waals surface area (Å²) < 4.78 is 6.80. The van der Waals surface area contributed by atoms with Crippen molar-refractivity contribution < 1.29 is 14.3 Å². The SMILES string of the molecule is CC(C)Nc1cc(-n2ncc3cc(C#N)cnc32)ncc1C(=O)NCC(=O)N1CCOCC1. The number of pyridine rings is 2. The third kappa shape index (κ3) is 4.91. The summed E-state index contributed by atoms with van der Waals surface area (Å²) in [5.41, 5.74) is 1.86. The summed E-state index contributed by atoms with van der Waals surface area (Å²) in [6, 6.07) is 5.52. The fraction of sp³-hybridized carbons (Fsp3) is 0.364. The van der Waals surface area contributed by atoms with E-state index in [4.69, 9.17) is 10.00 Å². The predicted octanol–water partition coefficient (Wildman–Crippen LogP) is 1.10. The average Bonchev–Trinajstić information content (AvgIpc) is 3.25. The molecule has 0 radical (unpaired) electrons. The number of morpholine rings is 1. The maximum absolute atomic E-state index is 12.9. The number of ether oxygens (including phenoxy) is 1. The van der Waals surface area contributed by atoms with Gasteiger partial charge in [0.2, 0.25) is 5.91 Å². The molecule has 33 heavy (non-hydrogen) atoms. The number of anilines is 1. The van der Waals surface area contributed by atoms with Crippen LogP contribution in [-0.4, -0.2) is 75.4 Å². The summed E-state index contributed by atoms with van der Waals surface area (Å²) in [6.07, 6.45) is 4.53. The fourth-order valence-electron chi connectivity index (χ4n) is 3.50. The van der Waals surface area contributed by atoms with Crippen molar-refractivity contribution in [1.82, 2.24) is 30.0 Å². The van der Waals surface area contributed by atoms with Crippen LogP contribution in [0.2, 0.25) is 0 Å². The van der Waals surface area contributed by atoms with Crippen LogP contribution in [0.15, 0.2) is 30.7 Å². The van der Waals surface area contributed by atoms with E-state index in [1.807, 2.05) is 13.8 Å². The Morgan fingerprint density at radius 1 is 1.18 bits per heavy atom. The van der Waals surface area contributed by atoms with Gasteiger partial charge in [0.05, 0.1) is 42.8 Å². The molecule has 3 aromatic heterocycles. The molecule has 1 aliphatic rings. The Bertz CT molecular complexity index is 1220. The molecular weight excluding hydrogens is 424 g/mol. The molecule has 2 amide bonds. The van der Waals surface area contributed by atoms with Gasteiger partial charge in [0, 0.05) is 43.0 Å². The van der Waals surface area contributed by atoms with Crippen LogP contribution in [0.3, 0.4) is 0 Å². The predicted molar refractivity (Wildman–Crippen MR) is 120 cm³/mol. The first kappa shape index (κ1) is 22.2. The van der Waals surface area contributed by atoms with Gasteiger partial charge in [-0.05, 0) is 19.9 Å². The first-order valence-electron chi connectivity index (χ1n) is 10.6. The van der Waals surface area contributed by atoms with E-state index < -0.39 is 5.91 Å². The highest BCUT2D eigenvalue weighted by molar-refractivity contribution is 6.01. The van der Waals surface area contributed by atoms with Gasteiger partial charge in [0.25, 0.3) is 5.91 Å². The summed E-state index contributed by atoms with van der Waals surface area (Å²) in [4.78, 5) is 35.6. The van der Waals surface area contributed by atoms with E-state index in [9.17, 15) is 9.59 Å². The van der Waals surface area contributed by atoms with Crippen LogP contribution in [0.25, 0.3) is 16.9 Å². The molecule has 4 rings (SSSR count). The monoisotopic (exact) mass is 448 g/mol. The maximum Gasteiger partial charge on any atom is 0.255 e. The van der Waals surface area contributed by atoms with Gasteiger partial charge in [-0.1, -0.05) is 0 Å². The van der Waals surface area contributed by atoms with Crippen molar-refractivity contribution in [1.29, 1.82) is 5.26 Å². The van der Waals surface area contributed by atoms with E-state index in [0.717, 1.165) is 0 Å². The Labute approximate surface area is 190 Å². The molecule has 0 spiro atoms. The van der Waals surface area contributed by atoms with Crippen molar-refractivity contribution in [2.75, 3.05) is 38.2 Å². The fourth-order valence-corrected chi connectivity index (χ4v) is 3.50. The quantitative estimate of drug-likeness (QED) is 0.572. The van der Waals surface area contributed by atoms with Gasteiger partial charge in [-0.15, -0.1) is 0 Å². The minimum absolute atomic E-state index is 0.0486. The second-order valence-corrected chi connectivity index (χ2v) is 7.87. The van der Waals surface area contributed by atoms with Crippen molar-refractivity contribution in [3.8, 4) is 11.9 Å². The van der Waals surface area contributed by atoms with Gasteiger partial charge >= 0.3 is 0 Å². The van der Waals surface area contributed by atoms with Gasteiger partial charge < -0.3 is 20.3 Å². The Balaban J connectivity index is 1.57. The van der Waals surface area contributed by atoms with Crippen LogP contribution in [0, 0.1) is 11.3 Å². The van der Waals surface area contributed by atoms with Crippen molar-refractivity contribution in [3.05, 3.63) is 41.9 Å². The first-order chi connectivity index (χ1) is 16.0. The lowest BCUT2D eigenvalue weighted by atomic mass is 10.2. The minimum Gasteiger partial charge on any atom is -0.382 e. The molecule has 1 saturated heterocycles. The summed E-state index contributed by atoms with van der Waals surface area (Å²) in [5.74, 6) is -0.0901. The van der Waals surface area contributed by atoms with Crippen molar-refractivity contribution in [3.63, 3.8) is 0 Å². The number of hydrogen-bond acceptors (Lipinski definition) is 8. The number of aromatic nitrogens is 4. The average molecular weight is 448 g/mol. The molecule has 11 nitrogen and oxygen atoms in total. The third-order valence-corrected chi connectivity index (χ3v) is 5.10. The van der Waals surface area contributed by atoms with Gasteiger partial charge in [-0.2, -0.15) is 15.0 Å². The van der Waals surface area contributed by atoms with Crippen LogP contribution in [0.4, 0.5) is 5.69 Å². The van der Waals surface area contributed by atoms with E-state index >= 15 is 0 Å². The van der Waals surface area contributed by atoms with E-state index in [2.05, 4.69) is 31.8 Å². The molecule has 1 fully saturated rings. The van der Waals surface area contributed by atoms with E-state index in [-0.39, 0.29) is 18.5 Å². The molecule has 2 N–H and O–H groups in total. The second kappa shape index (κ2) is 9.62. The molecule has 3 aromatic rings. The molecule has 4 heterocycles. The number of nitrogens with one attached hydrogen (secondary N) is 2. The number of nitrogens with zero attached hydrogens (tertiary/aromatic N) is 6. The topological polar surface area (TPSA) is 138 Å². The summed E-state index contributed by atoms with van der Waals surface area (Å²) in [7, 11) is 0. The van der Waals surface area contributed by atoms with Gasteiger partial charge in [0.15, 0.2) is 11.5 Å². The van der Waals surface area contributed by atoms with Gasteiger partial charge in [0.1, 0.15) is 6.07 Å². The summed E-state index contributed by atoms with van der Waals surface area (Å²) >= 11 is 0. The van der Waals surface area contributed by atoms with Gasteiger partial charge in [-0.3, -0.25) is 9.59 Å². The van der Waals surface area contributed by atoms with Crippen molar-refractivity contribution >= 4 is 28.5 Å².